The van der Waals surface area contributed by atoms with Crippen LogP contribution in [0.2, 0.25) is 0 Å². The SMILES string of the molecule is FC(F)(F)c1cnc(CS)nc1I. The normalized spacial score (nSPS) is 11.8. The highest BCUT2D eigenvalue weighted by molar-refractivity contribution is 14.1. The molecule has 0 fully saturated rings. The molecule has 1 aromatic heterocycles. The molecule has 2 nitrogen and oxygen atoms in total. The Morgan fingerprint density at radius 2 is 2.08 bits per heavy atom. The smallest absolute Gasteiger partial charge is 0.240 e. The van der Waals surface area contributed by atoms with Gasteiger partial charge in [-0.05, 0) is 22.6 Å². The molecule has 0 aliphatic rings. The molecule has 72 valence electrons. The zero-order valence-electron chi connectivity index (χ0n) is 6.14. The molecule has 0 radical (unpaired) electrons. The molecule has 7 heteroatoms. The lowest BCUT2D eigenvalue weighted by molar-refractivity contribution is -0.138. The third-order valence-electron chi connectivity index (χ3n) is 1.24. The van der Waals surface area contributed by atoms with E-state index in [1.165, 1.54) is 22.6 Å². The maximum Gasteiger partial charge on any atom is 0.420 e. The average Bonchev–Trinajstić information content (AvgIpc) is 2.01. The monoisotopic (exact) mass is 320 g/mol. The molecule has 1 aromatic rings. The van der Waals surface area contributed by atoms with Crippen molar-refractivity contribution in [1.29, 1.82) is 0 Å². The van der Waals surface area contributed by atoms with E-state index in [-0.39, 0.29) is 9.45 Å². The van der Waals surface area contributed by atoms with Gasteiger partial charge in [0.25, 0.3) is 0 Å². The van der Waals surface area contributed by atoms with Gasteiger partial charge in [-0.25, -0.2) is 9.97 Å². The van der Waals surface area contributed by atoms with E-state index in [1.807, 2.05) is 0 Å². The summed E-state index contributed by atoms with van der Waals surface area (Å²) >= 11 is 5.38. The summed E-state index contributed by atoms with van der Waals surface area (Å²) in [4.78, 5) is 7.15. The van der Waals surface area contributed by atoms with Gasteiger partial charge in [-0.2, -0.15) is 25.8 Å². The molecule has 1 rings (SSSR count). The number of thiol groups is 1. The second-order valence-corrected chi connectivity index (χ2v) is 3.48. The van der Waals surface area contributed by atoms with Crippen LogP contribution in [0.3, 0.4) is 0 Å². The summed E-state index contributed by atoms with van der Waals surface area (Å²) < 4.78 is 36.4. The van der Waals surface area contributed by atoms with Crippen LogP contribution in [0.1, 0.15) is 11.4 Å². The first kappa shape index (κ1) is 11.0. The number of alkyl halides is 3. The summed E-state index contributed by atoms with van der Waals surface area (Å²) in [6.45, 7) is 0. The third kappa shape index (κ3) is 2.70. The molecule has 1 heterocycles. The summed E-state index contributed by atoms with van der Waals surface area (Å²) in [6.07, 6.45) is -3.61. The Morgan fingerprint density at radius 1 is 1.46 bits per heavy atom. The summed E-state index contributed by atoms with van der Waals surface area (Å²) in [7, 11) is 0. The van der Waals surface area contributed by atoms with Crippen molar-refractivity contribution in [2.45, 2.75) is 11.9 Å². The number of halogens is 4. The van der Waals surface area contributed by atoms with Crippen LogP contribution in [-0.4, -0.2) is 9.97 Å². The van der Waals surface area contributed by atoms with E-state index < -0.39 is 11.7 Å². The van der Waals surface area contributed by atoms with Crippen molar-refractivity contribution in [2.75, 3.05) is 0 Å². The van der Waals surface area contributed by atoms with Gasteiger partial charge in [0.1, 0.15) is 15.1 Å². The molecule has 13 heavy (non-hydrogen) atoms. The zero-order valence-corrected chi connectivity index (χ0v) is 9.19. The fourth-order valence-corrected chi connectivity index (χ4v) is 1.54. The topological polar surface area (TPSA) is 25.8 Å². The van der Waals surface area contributed by atoms with Gasteiger partial charge >= 0.3 is 6.18 Å². The molecule has 0 unspecified atom stereocenters. The van der Waals surface area contributed by atoms with Crippen molar-refractivity contribution in [3.05, 3.63) is 21.3 Å². The molecule has 0 spiro atoms. The second kappa shape index (κ2) is 3.99. The maximum absolute atomic E-state index is 12.2. The van der Waals surface area contributed by atoms with Crippen LogP contribution in [0.5, 0.6) is 0 Å². The van der Waals surface area contributed by atoms with Crippen LogP contribution >= 0.6 is 35.2 Å². The van der Waals surface area contributed by atoms with Crippen LogP contribution in [0.25, 0.3) is 0 Å². The summed E-state index contributed by atoms with van der Waals surface area (Å²) in [5.41, 5.74) is -0.807. The molecule has 0 amide bonds. The molecular formula is C6H4F3IN2S. The highest BCUT2D eigenvalue weighted by Crippen LogP contribution is 2.31. The molecule has 0 aliphatic carbocycles. The Labute approximate surface area is 91.5 Å². The first-order valence-corrected chi connectivity index (χ1v) is 4.85. The van der Waals surface area contributed by atoms with Crippen LogP contribution in [0.15, 0.2) is 6.20 Å². The minimum atomic E-state index is -4.38. The van der Waals surface area contributed by atoms with E-state index >= 15 is 0 Å². The average molecular weight is 320 g/mol. The molecule has 0 aromatic carbocycles. The molecule has 0 saturated carbocycles. The van der Waals surface area contributed by atoms with Gasteiger partial charge in [0.2, 0.25) is 0 Å². The first-order chi connectivity index (χ1) is 5.95. The number of aromatic nitrogens is 2. The minimum Gasteiger partial charge on any atom is -0.240 e. The predicted molar refractivity (Wildman–Crippen MR) is 52.4 cm³/mol. The van der Waals surface area contributed by atoms with Crippen molar-refractivity contribution >= 4 is 35.2 Å². The van der Waals surface area contributed by atoms with Crippen molar-refractivity contribution in [1.82, 2.24) is 9.97 Å². The van der Waals surface area contributed by atoms with Gasteiger partial charge in [0.15, 0.2) is 0 Å². The summed E-state index contributed by atoms with van der Waals surface area (Å²) in [5, 5.41) is 0. The Kier molecular flexibility index (Phi) is 3.38. The number of hydrogen-bond acceptors (Lipinski definition) is 3. The van der Waals surface area contributed by atoms with Crippen molar-refractivity contribution in [3.63, 3.8) is 0 Å². The van der Waals surface area contributed by atoms with Gasteiger partial charge in [-0.1, -0.05) is 0 Å². The zero-order chi connectivity index (χ0) is 10.1. The van der Waals surface area contributed by atoms with Crippen LogP contribution in [0, 0.1) is 3.70 Å². The number of hydrogen-bond donors (Lipinski definition) is 1. The second-order valence-electron chi connectivity index (χ2n) is 2.15. The highest BCUT2D eigenvalue weighted by atomic mass is 127. The fourth-order valence-electron chi connectivity index (χ4n) is 0.661. The largest absolute Gasteiger partial charge is 0.420 e. The predicted octanol–water partition coefficient (Wildman–Crippen LogP) is 2.53. The van der Waals surface area contributed by atoms with E-state index in [1.54, 1.807) is 0 Å². The van der Waals surface area contributed by atoms with Gasteiger partial charge in [-0.15, -0.1) is 0 Å². The van der Waals surface area contributed by atoms with E-state index in [0.29, 0.717) is 5.82 Å². The number of nitrogens with zero attached hydrogens (tertiary/aromatic N) is 2. The highest BCUT2D eigenvalue weighted by Gasteiger charge is 2.34. The van der Waals surface area contributed by atoms with Crippen LogP contribution in [0.4, 0.5) is 13.2 Å². The molecule has 0 bridgehead atoms. The molecule has 0 atom stereocenters. The van der Waals surface area contributed by atoms with Gasteiger partial charge < -0.3 is 0 Å². The molecule has 0 aliphatic heterocycles. The third-order valence-corrected chi connectivity index (χ3v) is 2.34. The van der Waals surface area contributed by atoms with Gasteiger partial charge in [-0.3, -0.25) is 0 Å². The molecule has 0 N–H and O–H groups in total. The van der Waals surface area contributed by atoms with E-state index in [2.05, 4.69) is 22.6 Å². The van der Waals surface area contributed by atoms with E-state index in [9.17, 15) is 13.2 Å². The van der Waals surface area contributed by atoms with Crippen LogP contribution < -0.4 is 0 Å². The Balaban J connectivity index is 3.13. The lowest BCUT2D eigenvalue weighted by Crippen LogP contribution is -2.11. The standard InChI is InChI=1S/C6H4F3IN2S/c7-6(8,9)3-1-11-4(2-13)12-5(3)10/h1,13H,2H2. The summed E-state index contributed by atoms with van der Waals surface area (Å²) in [6, 6.07) is 0. The molecular weight excluding hydrogens is 316 g/mol. The first-order valence-electron chi connectivity index (χ1n) is 3.14. The lowest BCUT2D eigenvalue weighted by atomic mass is 10.3. The fraction of sp³-hybridized carbons (Fsp3) is 0.333. The molecule has 0 saturated heterocycles. The maximum atomic E-state index is 12.2. The lowest BCUT2D eigenvalue weighted by Gasteiger charge is -2.07. The van der Waals surface area contributed by atoms with E-state index in [0.717, 1.165) is 6.20 Å². The van der Waals surface area contributed by atoms with Crippen molar-refractivity contribution in [3.8, 4) is 0 Å². The van der Waals surface area contributed by atoms with Gasteiger partial charge in [0, 0.05) is 6.20 Å². The Hall–Kier alpha value is -0.0500. The Bertz CT molecular complexity index is 315. The van der Waals surface area contributed by atoms with Crippen molar-refractivity contribution < 1.29 is 13.2 Å². The Morgan fingerprint density at radius 3 is 2.46 bits per heavy atom. The number of rotatable bonds is 1. The summed E-state index contributed by atoms with van der Waals surface area (Å²) in [5.74, 6) is 0.523. The quantitative estimate of drug-likeness (QED) is 0.489. The minimum absolute atomic E-state index is 0.0934. The van der Waals surface area contributed by atoms with Crippen molar-refractivity contribution in [2.24, 2.45) is 0 Å². The van der Waals surface area contributed by atoms with Crippen LogP contribution in [-0.2, 0) is 11.9 Å². The van der Waals surface area contributed by atoms with E-state index in [4.69, 9.17) is 0 Å². The van der Waals surface area contributed by atoms with Gasteiger partial charge in [0.05, 0.1) is 5.75 Å².